The Morgan fingerprint density at radius 3 is 2.52 bits per heavy atom. The molecule has 2 fully saturated rings. The summed E-state index contributed by atoms with van der Waals surface area (Å²) in [6.07, 6.45) is 5.60. The topological polar surface area (TPSA) is 114 Å². The summed E-state index contributed by atoms with van der Waals surface area (Å²) in [7, 11) is 0. The quantitative estimate of drug-likeness (QED) is 0.548. The highest BCUT2D eigenvalue weighted by molar-refractivity contribution is 6.00. The zero-order valence-electron chi connectivity index (χ0n) is 17.5. The van der Waals surface area contributed by atoms with Crippen LogP contribution >= 0.6 is 0 Å². The summed E-state index contributed by atoms with van der Waals surface area (Å²) in [4.78, 5) is 34.1. The van der Waals surface area contributed by atoms with Crippen LogP contribution in [0, 0.1) is 11.2 Å². The predicted molar refractivity (Wildman–Crippen MR) is 117 cm³/mol. The van der Waals surface area contributed by atoms with Crippen LogP contribution in [0.1, 0.15) is 56.3 Å². The molecule has 1 aliphatic heterocycles. The van der Waals surface area contributed by atoms with E-state index in [4.69, 9.17) is 5.41 Å². The maximum Gasteiger partial charge on any atom is 0.317 e. The van der Waals surface area contributed by atoms with Gasteiger partial charge in [-0.25, -0.2) is 14.2 Å². The van der Waals surface area contributed by atoms with Crippen molar-refractivity contribution in [3.05, 3.63) is 51.8 Å². The third-order valence-corrected chi connectivity index (χ3v) is 5.91. The van der Waals surface area contributed by atoms with Crippen molar-refractivity contribution in [1.29, 1.82) is 5.41 Å². The van der Waals surface area contributed by atoms with E-state index in [1.54, 1.807) is 17.0 Å². The number of halogens is 1. The monoisotopic (exact) mass is 426 g/mol. The summed E-state index contributed by atoms with van der Waals surface area (Å²) in [6, 6.07) is 5.88. The molecule has 0 radical (unpaired) electrons. The summed E-state index contributed by atoms with van der Waals surface area (Å²) < 4.78 is 13.2. The van der Waals surface area contributed by atoms with Crippen molar-refractivity contribution in [2.45, 2.75) is 51.0 Å². The standard InChI is InChI=1S/C22H27FN6O2/c1-13(24)18-20(25-17-9-7-15(23)8-10-17)27-19(28-21(18)30)14-11-29(12-14)22(31)26-16-5-3-2-4-6-16/h7-10,14,16,24H,2-6,11-12H2,1H3,(H,26,31)(H2,25,27,28,30). The van der Waals surface area contributed by atoms with E-state index in [1.807, 2.05) is 0 Å². The van der Waals surface area contributed by atoms with Crippen molar-refractivity contribution >= 4 is 23.2 Å². The Morgan fingerprint density at radius 2 is 1.87 bits per heavy atom. The number of H-pyrrole nitrogens is 1. The van der Waals surface area contributed by atoms with Gasteiger partial charge < -0.3 is 25.9 Å². The highest BCUT2D eigenvalue weighted by Crippen LogP contribution is 2.27. The van der Waals surface area contributed by atoms with E-state index in [0.717, 1.165) is 25.7 Å². The first-order chi connectivity index (χ1) is 14.9. The van der Waals surface area contributed by atoms with E-state index in [9.17, 15) is 14.0 Å². The minimum absolute atomic E-state index is 0.0675. The molecular formula is C22H27FN6O2. The Kier molecular flexibility index (Phi) is 6.01. The second-order valence-electron chi connectivity index (χ2n) is 8.32. The van der Waals surface area contributed by atoms with E-state index >= 15 is 0 Å². The first-order valence-corrected chi connectivity index (χ1v) is 10.7. The molecule has 2 amide bonds. The van der Waals surface area contributed by atoms with Crippen molar-refractivity contribution in [1.82, 2.24) is 20.2 Å². The number of nitrogens with one attached hydrogen (secondary N) is 4. The molecule has 0 atom stereocenters. The first kappa shape index (κ1) is 21.0. The van der Waals surface area contributed by atoms with Gasteiger partial charge in [0, 0.05) is 30.5 Å². The molecule has 2 heterocycles. The fourth-order valence-corrected chi connectivity index (χ4v) is 4.12. The number of carbonyl (C=O) groups is 1. The lowest BCUT2D eigenvalue weighted by atomic mass is 9.95. The summed E-state index contributed by atoms with van der Waals surface area (Å²) in [5, 5.41) is 14.1. The Morgan fingerprint density at radius 1 is 1.19 bits per heavy atom. The molecule has 0 bridgehead atoms. The van der Waals surface area contributed by atoms with Gasteiger partial charge in [-0.05, 0) is 44.0 Å². The van der Waals surface area contributed by atoms with E-state index in [0.29, 0.717) is 24.6 Å². The van der Waals surface area contributed by atoms with Gasteiger partial charge in [-0.15, -0.1) is 0 Å². The molecule has 164 valence electrons. The summed E-state index contributed by atoms with van der Waals surface area (Å²) in [6.45, 7) is 2.46. The van der Waals surface area contributed by atoms with Crippen LogP contribution in [-0.2, 0) is 0 Å². The Hall–Kier alpha value is -3.23. The molecule has 1 saturated carbocycles. The van der Waals surface area contributed by atoms with Crippen molar-refractivity contribution in [3.8, 4) is 0 Å². The Labute approximate surface area is 179 Å². The highest BCUT2D eigenvalue weighted by atomic mass is 19.1. The van der Waals surface area contributed by atoms with E-state index in [1.165, 1.54) is 25.5 Å². The number of aromatic amines is 1. The smallest absolute Gasteiger partial charge is 0.317 e. The summed E-state index contributed by atoms with van der Waals surface area (Å²) in [5.41, 5.74) is 0.369. The molecule has 1 saturated heterocycles. The summed E-state index contributed by atoms with van der Waals surface area (Å²) >= 11 is 0. The lowest BCUT2D eigenvalue weighted by Crippen LogP contribution is -2.55. The number of carbonyl (C=O) groups excluding carboxylic acids is 1. The largest absolute Gasteiger partial charge is 0.339 e. The minimum Gasteiger partial charge on any atom is -0.339 e. The fourth-order valence-electron chi connectivity index (χ4n) is 4.12. The molecule has 2 aromatic rings. The minimum atomic E-state index is -0.410. The van der Waals surface area contributed by atoms with E-state index in [-0.39, 0.29) is 40.9 Å². The van der Waals surface area contributed by atoms with Crippen LogP contribution in [0.15, 0.2) is 29.1 Å². The molecule has 1 aromatic carbocycles. The normalized spacial score (nSPS) is 17.2. The third-order valence-electron chi connectivity index (χ3n) is 5.91. The Bertz CT molecular complexity index is 1020. The van der Waals surface area contributed by atoms with Gasteiger partial charge >= 0.3 is 6.03 Å². The molecule has 0 spiro atoms. The number of hydrogen-bond donors (Lipinski definition) is 4. The highest BCUT2D eigenvalue weighted by Gasteiger charge is 2.35. The lowest BCUT2D eigenvalue weighted by molar-refractivity contribution is 0.143. The SMILES string of the molecule is CC(=N)c1c(Nc2ccc(F)cc2)nc(C2CN(C(=O)NC3CCCCC3)C2)[nH]c1=O. The van der Waals surface area contributed by atoms with Crippen LogP contribution in [0.3, 0.4) is 0 Å². The Balaban J connectivity index is 1.47. The van der Waals surface area contributed by atoms with Gasteiger partial charge in [0.2, 0.25) is 0 Å². The molecule has 2 aliphatic rings. The van der Waals surface area contributed by atoms with Crippen LogP contribution in [0.25, 0.3) is 0 Å². The van der Waals surface area contributed by atoms with Gasteiger partial charge in [-0.2, -0.15) is 0 Å². The number of benzene rings is 1. The van der Waals surface area contributed by atoms with Gasteiger partial charge in [0.15, 0.2) is 0 Å². The zero-order valence-corrected chi connectivity index (χ0v) is 17.5. The lowest BCUT2D eigenvalue weighted by Gasteiger charge is -2.39. The predicted octanol–water partition coefficient (Wildman–Crippen LogP) is 3.48. The maximum atomic E-state index is 13.2. The second kappa shape index (κ2) is 8.87. The molecule has 1 aliphatic carbocycles. The van der Waals surface area contributed by atoms with Gasteiger partial charge in [-0.3, -0.25) is 4.79 Å². The maximum absolute atomic E-state index is 13.2. The van der Waals surface area contributed by atoms with Crippen molar-refractivity contribution in [3.63, 3.8) is 0 Å². The molecule has 4 N–H and O–H groups in total. The van der Waals surface area contributed by atoms with E-state index in [2.05, 4.69) is 20.6 Å². The third kappa shape index (κ3) is 4.76. The van der Waals surface area contributed by atoms with Gasteiger partial charge in [0.05, 0.1) is 5.92 Å². The number of urea groups is 1. The summed E-state index contributed by atoms with van der Waals surface area (Å²) in [5.74, 6) is 0.276. The van der Waals surface area contributed by atoms with Crippen LogP contribution in [0.4, 0.5) is 20.7 Å². The van der Waals surface area contributed by atoms with Crippen molar-refractivity contribution in [2.24, 2.45) is 0 Å². The van der Waals surface area contributed by atoms with Crippen LogP contribution in [0.5, 0.6) is 0 Å². The second-order valence-corrected chi connectivity index (χ2v) is 8.32. The zero-order chi connectivity index (χ0) is 22.0. The molecule has 9 heteroatoms. The number of hydrogen-bond acceptors (Lipinski definition) is 5. The number of anilines is 2. The first-order valence-electron chi connectivity index (χ1n) is 10.7. The molecule has 0 unspecified atom stereocenters. The van der Waals surface area contributed by atoms with Crippen LogP contribution in [0.2, 0.25) is 0 Å². The number of rotatable bonds is 5. The fraction of sp³-hybridized carbons (Fsp3) is 0.455. The number of likely N-dealkylation sites (tertiary alicyclic amines) is 1. The van der Waals surface area contributed by atoms with Crippen LogP contribution in [-0.4, -0.2) is 45.7 Å². The molecule has 4 rings (SSSR count). The van der Waals surface area contributed by atoms with E-state index < -0.39 is 5.56 Å². The molecule has 31 heavy (non-hydrogen) atoms. The van der Waals surface area contributed by atoms with Crippen molar-refractivity contribution in [2.75, 3.05) is 18.4 Å². The van der Waals surface area contributed by atoms with Crippen molar-refractivity contribution < 1.29 is 9.18 Å². The van der Waals surface area contributed by atoms with Crippen LogP contribution < -0.4 is 16.2 Å². The number of amides is 2. The molecule has 1 aromatic heterocycles. The average Bonchev–Trinajstić information content (AvgIpc) is 2.69. The van der Waals surface area contributed by atoms with Gasteiger partial charge in [-0.1, -0.05) is 19.3 Å². The van der Waals surface area contributed by atoms with Gasteiger partial charge in [0.1, 0.15) is 23.0 Å². The average molecular weight is 426 g/mol. The number of aromatic nitrogens is 2. The number of nitrogens with zero attached hydrogens (tertiary/aromatic N) is 2. The molecule has 8 nitrogen and oxygen atoms in total. The molecular weight excluding hydrogens is 399 g/mol. The van der Waals surface area contributed by atoms with Gasteiger partial charge in [0.25, 0.3) is 5.56 Å².